The third kappa shape index (κ3) is 1.92. The van der Waals surface area contributed by atoms with E-state index in [0.717, 1.165) is 12.0 Å². The van der Waals surface area contributed by atoms with Crippen LogP contribution in [0.25, 0.3) is 0 Å². The second kappa shape index (κ2) is 4.36. The maximum atomic E-state index is 11.9. The van der Waals surface area contributed by atoms with Gasteiger partial charge in [-0.1, -0.05) is 24.3 Å². The highest BCUT2D eigenvalue weighted by molar-refractivity contribution is 5.87. The zero-order chi connectivity index (χ0) is 11.5. The minimum atomic E-state index is -0.0646. The number of nitrogens with one attached hydrogen (secondary N) is 1. The van der Waals surface area contributed by atoms with Crippen molar-refractivity contribution in [2.45, 2.75) is 31.7 Å². The molecule has 1 amide bonds. The molecule has 82 valence electrons. The quantitative estimate of drug-likeness (QED) is 0.833. The van der Waals surface area contributed by atoms with E-state index >= 15 is 0 Å². The van der Waals surface area contributed by atoms with Gasteiger partial charge >= 0.3 is 0 Å². The molecule has 16 heavy (non-hydrogen) atoms. The summed E-state index contributed by atoms with van der Waals surface area (Å²) in [6.07, 6.45) is 1.18. The third-order valence-electron chi connectivity index (χ3n) is 2.96. The van der Waals surface area contributed by atoms with E-state index in [-0.39, 0.29) is 17.9 Å². The van der Waals surface area contributed by atoms with Gasteiger partial charge in [0.2, 0.25) is 5.91 Å². The Labute approximate surface area is 95.1 Å². The zero-order valence-electron chi connectivity index (χ0n) is 9.23. The number of hydrogen-bond acceptors (Lipinski definition) is 2. The SMILES string of the molecule is CC(CC#N)NC(=O)C1Cc2ccccc21. The van der Waals surface area contributed by atoms with Gasteiger partial charge < -0.3 is 5.32 Å². The number of benzene rings is 1. The van der Waals surface area contributed by atoms with Crippen molar-refractivity contribution in [3.63, 3.8) is 0 Å². The van der Waals surface area contributed by atoms with Gasteiger partial charge in [0.1, 0.15) is 0 Å². The molecule has 1 aliphatic rings. The van der Waals surface area contributed by atoms with E-state index in [9.17, 15) is 4.79 Å². The van der Waals surface area contributed by atoms with Crippen molar-refractivity contribution in [2.24, 2.45) is 0 Å². The Bertz CT molecular complexity index is 447. The zero-order valence-corrected chi connectivity index (χ0v) is 9.23. The summed E-state index contributed by atoms with van der Waals surface area (Å²) in [5, 5.41) is 11.4. The van der Waals surface area contributed by atoms with E-state index in [1.165, 1.54) is 5.56 Å². The first kappa shape index (κ1) is 10.7. The second-order valence-corrected chi connectivity index (χ2v) is 4.23. The molecule has 2 rings (SSSR count). The van der Waals surface area contributed by atoms with Gasteiger partial charge in [0.15, 0.2) is 0 Å². The maximum absolute atomic E-state index is 11.9. The lowest BCUT2D eigenvalue weighted by Gasteiger charge is -2.29. The molecule has 0 bridgehead atoms. The molecule has 0 saturated carbocycles. The van der Waals surface area contributed by atoms with Crippen LogP contribution in [0.5, 0.6) is 0 Å². The van der Waals surface area contributed by atoms with Crippen LogP contribution in [-0.2, 0) is 11.2 Å². The first-order valence-electron chi connectivity index (χ1n) is 5.47. The van der Waals surface area contributed by atoms with Crippen LogP contribution in [0, 0.1) is 11.3 Å². The number of nitrogens with zero attached hydrogens (tertiary/aromatic N) is 1. The van der Waals surface area contributed by atoms with Crippen LogP contribution in [-0.4, -0.2) is 11.9 Å². The molecule has 2 unspecified atom stereocenters. The minimum absolute atomic E-state index is 0.0163. The lowest BCUT2D eigenvalue weighted by Crippen LogP contribution is -2.40. The average molecular weight is 214 g/mol. The van der Waals surface area contributed by atoms with Crippen LogP contribution in [0.4, 0.5) is 0 Å². The fourth-order valence-corrected chi connectivity index (χ4v) is 2.02. The van der Waals surface area contributed by atoms with Crippen molar-refractivity contribution < 1.29 is 4.79 Å². The number of amides is 1. The summed E-state index contributed by atoms with van der Waals surface area (Å²) in [4.78, 5) is 11.9. The molecule has 1 aromatic carbocycles. The fourth-order valence-electron chi connectivity index (χ4n) is 2.02. The van der Waals surface area contributed by atoms with Crippen LogP contribution in [0.2, 0.25) is 0 Å². The summed E-state index contributed by atoms with van der Waals surface area (Å²) in [6, 6.07) is 9.99. The average Bonchev–Trinajstić information content (AvgIpc) is 2.20. The van der Waals surface area contributed by atoms with Gasteiger partial charge in [0.05, 0.1) is 18.4 Å². The van der Waals surface area contributed by atoms with Crippen LogP contribution in [0.1, 0.15) is 30.4 Å². The van der Waals surface area contributed by atoms with Crippen molar-refractivity contribution in [3.05, 3.63) is 35.4 Å². The summed E-state index contributed by atoms with van der Waals surface area (Å²) >= 11 is 0. The molecule has 0 aliphatic heterocycles. The molecule has 0 saturated heterocycles. The van der Waals surface area contributed by atoms with Crippen LogP contribution >= 0.6 is 0 Å². The Morgan fingerprint density at radius 1 is 1.62 bits per heavy atom. The lowest BCUT2D eigenvalue weighted by molar-refractivity contribution is -0.123. The van der Waals surface area contributed by atoms with Crippen LogP contribution in [0.15, 0.2) is 24.3 Å². The summed E-state index contributed by atoms with van der Waals surface area (Å²) < 4.78 is 0. The summed E-state index contributed by atoms with van der Waals surface area (Å²) in [5.74, 6) is 0.0267. The predicted molar refractivity (Wildman–Crippen MR) is 60.7 cm³/mol. The molecule has 0 radical (unpaired) electrons. The topological polar surface area (TPSA) is 52.9 Å². The van der Waals surface area contributed by atoms with Gasteiger partial charge in [-0.3, -0.25) is 4.79 Å². The molecule has 3 nitrogen and oxygen atoms in total. The highest BCUT2D eigenvalue weighted by atomic mass is 16.2. The lowest BCUT2D eigenvalue weighted by atomic mass is 9.77. The van der Waals surface area contributed by atoms with E-state index in [1.807, 2.05) is 25.1 Å². The normalized spacial score (nSPS) is 18.9. The molecule has 3 heteroatoms. The van der Waals surface area contributed by atoms with Gasteiger partial charge in [-0.25, -0.2) is 0 Å². The molecule has 0 aromatic heterocycles. The largest absolute Gasteiger partial charge is 0.352 e. The number of nitriles is 1. The van der Waals surface area contributed by atoms with E-state index in [1.54, 1.807) is 0 Å². The highest BCUT2D eigenvalue weighted by Gasteiger charge is 2.31. The van der Waals surface area contributed by atoms with Crippen molar-refractivity contribution in [2.75, 3.05) is 0 Å². The molecule has 1 aromatic rings. The number of carbonyl (C=O) groups excluding carboxylic acids is 1. The number of carbonyl (C=O) groups is 1. The van der Waals surface area contributed by atoms with E-state index < -0.39 is 0 Å². The molecule has 2 atom stereocenters. The second-order valence-electron chi connectivity index (χ2n) is 4.23. The monoisotopic (exact) mass is 214 g/mol. The summed E-state index contributed by atoms with van der Waals surface area (Å²) in [6.45, 7) is 1.85. The van der Waals surface area contributed by atoms with Gasteiger partial charge in [-0.05, 0) is 24.5 Å². The number of fused-ring (bicyclic) bond motifs is 1. The van der Waals surface area contributed by atoms with Crippen molar-refractivity contribution in [3.8, 4) is 6.07 Å². The minimum Gasteiger partial charge on any atom is -0.352 e. The summed E-state index contributed by atoms with van der Waals surface area (Å²) in [5.41, 5.74) is 2.39. The molecular formula is C13H14N2O. The van der Waals surface area contributed by atoms with E-state index in [4.69, 9.17) is 5.26 Å². The Morgan fingerprint density at radius 3 is 3.06 bits per heavy atom. The van der Waals surface area contributed by atoms with Gasteiger partial charge in [0, 0.05) is 6.04 Å². The molecule has 0 heterocycles. The first-order chi connectivity index (χ1) is 7.72. The highest BCUT2D eigenvalue weighted by Crippen LogP contribution is 2.34. The van der Waals surface area contributed by atoms with Crippen LogP contribution < -0.4 is 5.32 Å². The third-order valence-corrected chi connectivity index (χ3v) is 2.96. The first-order valence-corrected chi connectivity index (χ1v) is 5.47. The fraction of sp³-hybridized carbons (Fsp3) is 0.385. The molecule has 0 fully saturated rings. The van der Waals surface area contributed by atoms with Crippen molar-refractivity contribution in [1.29, 1.82) is 5.26 Å². The predicted octanol–water partition coefficient (Wildman–Crippen LogP) is 1.74. The summed E-state index contributed by atoms with van der Waals surface area (Å²) in [7, 11) is 0. The molecule has 1 N–H and O–H groups in total. The van der Waals surface area contributed by atoms with E-state index in [2.05, 4.69) is 17.5 Å². The molecule has 0 spiro atoms. The Morgan fingerprint density at radius 2 is 2.38 bits per heavy atom. The van der Waals surface area contributed by atoms with Gasteiger partial charge in [-0.2, -0.15) is 5.26 Å². The number of rotatable bonds is 3. The molecule has 1 aliphatic carbocycles. The number of hydrogen-bond donors (Lipinski definition) is 1. The smallest absolute Gasteiger partial charge is 0.228 e. The van der Waals surface area contributed by atoms with Crippen molar-refractivity contribution in [1.82, 2.24) is 5.32 Å². The standard InChI is InChI=1S/C13H14N2O/c1-9(6-7-14)15-13(16)12-8-10-4-2-3-5-11(10)12/h2-5,9,12H,6,8H2,1H3,(H,15,16). The Kier molecular flexibility index (Phi) is 2.91. The van der Waals surface area contributed by atoms with Gasteiger partial charge in [0.25, 0.3) is 0 Å². The maximum Gasteiger partial charge on any atom is 0.228 e. The van der Waals surface area contributed by atoms with Crippen LogP contribution in [0.3, 0.4) is 0 Å². The Hall–Kier alpha value is -1.82. The van der Waals surface area contributed by atoms with Crippen molar-refractivity contribution >= 4 is 5.91 Å². The Balaban J connectivity index is 1.97. The van der Waals surface area contributed by atoms with E-state index in [0.29, 0.717) is 6.42 Å². The molecular weight excluding hydrogens is 200 g/mol. The van der Waals surface area contributed by atoms with Gasteiger partial charge in [-0.15, -0.1) is 0 Å².